The molecule has 2 N–H and O–H groups in total. The van der Waals surface area contributed by atoms with Crippen LogP contribution in [0.4, 0.5) is 11.4 Å². The van der Waals surface area contributed by atoms with E-state index in [1.165, 1.54) is 6.92 Å². The fourth-order valence-electron chi connectivity index (χ4n) is 1.56. The van der Waals surface area contributed by atoms with Crippen LogP contribution in [-0.2, 0) is 18.4 Å². The molecular formula is C12H15N5O. The van der Waals surface area contributed by atoms with Gasteiger partial charge in [-0.3, -0.25) is 4.79 Å². The maximum atomic E-state index is 11.0. The number of nitrogens with zero attached hydrogens (tertiary/aromatic N) is 3. The van der Waals surface area contributed by atoms with Crippen LogP contribution in [0.3, 0.4) is 0 Å². The fraction of sp³-hybridized carbons (Fsp3) is 0.250. The Labute approximate surface area is 105 Å². The SMILES string of the molecule is CC(=O)Nc1cccc(NCc2nncn2C)c1. The minimum Gasteiger partial charge on any atom is -0.378 e. The lowest BCUT2D eigenvalue weighted by molar-refractivity contribution is -0.114. The average Bonchev–Trinajstić information content (AvgIpc) is 2.72. The lowest BCUT2D eigenvalue weighted by Crippen LogP contribution is -2.08. The van der Waals surface area contributed by atoms with Gasteiger partial charge in [0.25, 0.3) is 0 Å². The summed E-state index contributed by atoms with van der Waals surface area (Å²) in [6, 6.07) is 7.53. The molecule has 6 nitrogen and oxygen atoms in total. The Hall–Kier alpha value is -2.37. The summed E-state index contributed by atoms with van der Waals surface area (Å²) in [5.41, 5.74) is 1.69. The lowest BCUT2D eigenvalue weighted by Gasteiger charge is -2.08. The summed E-state index contributed by atoms with van der Waals surface area (Å²) in [6.45, 7) is 2.07. The van der Waals surface area contributed by atoms with E-state index in [-0.39, 0.29) is 5.91 Å². The Morgan fingerprint density at radius 2 is 2.17 bits per heavy atom. The molecule has 0 saturated carbocycles. The number of benzene rings is 1. The third kappa shape index (κ3) is 3.07. The van der Waals surface area contributed by atoms with Gasteiger partial charge in [0.15, 0.2) is 5.82 Å². The van der Waals surface area contributed by atoms with Crippen LogP contribution in [0.15, 0.2) is 30.6 Å². The number of aryl methyl sites for hydroxylation is 1. The summed E-state index contributed by atoms with van der Waals surface area (Å²) in [4.78, 5) is 11.0. The largest absolute Gasteiger partial charge is 0.378 e. The van der Waals surface area contributed by atoms with Gasteiger partial charge in [0.05, 0.1) is 6.54 Å². The Morgan fingerprint density at radius 3 is 2.83 bits per heavy atom. The van der Waals surface area contributed by atoms with Crippen molar-refractivity contribution in [2.24, 2.45) is 7.05 Å². The van der Waals surface area contributed by atoms with Crippen molar-refractivity contribution in [3.05, 3.63) is 36.4 Å². The summed E-state index contributed by atoms with van der Waals surface area (Å²) < 4.78 is 1.85. The summed E-state index contributed by atoms with van der Waals surface area (Å²) in [5, 5.41) is 13.8. The Balaban J connectivity index is 2.01. The quantitative estimate of drug-likeness (QED) is 0.853. The third-order valence-corrected chi connectivity index (χ3v) is 2.44. The number of rotatable bonds is 4. The molecule has 1 amide bonds. The normalized spacial score (nSPS) is 10.1. The third-order valence-electron chi connectivity index (χ3n) is 2.44. The van der Waals surface area contributed by atoms with E-state index in [0.29, 0.717) is 6.54 Å². The van der Waals surface area contributed by atoms with Gasteiger partial charge in [0, 0.05) is 25.3 Å². The minimum atomic E-state index is -0.0829. The Kier molecular flexibility index (Phi) is 3.57. The van der Waals surface area contributed by atoms with Crippen LogP contribution in [0.25, 0.3) is 0 Å². The van der Waals surface area contributed by atoms with E-state index in [1.54, 1.807) is 6.33 Å². The van der Waals surface area contributed by atoms with Crippen LogP contribution in [0.2, 0.25) is 0 Å². The second-order valence-corrected chi connectivity index (χ2v) is 3.97. The minimum absolute atomic E-state index is 0.0829. The first-order valence-corrected chi connectivity index (χ1v) is 5.59. The van der Waals surface area contributed by atoms with Crippen molar-refractivity contribution in [1.82, 2.24) is 14.8 Å². The number of hydrogen-bond donors (Lipinski definition) is 2. The molecule has 94 valence electrons. The van der Waals surface area contributed by atoms with E-state index in [0.717, 1.165) is 17.2 Å². The van der Waals surface area contributed by atoms with Crippen molar-refractivity contribution in [3.63, 3.8) is 0 Å². The highest BCUT2D eigenvalue weighted by molar-refractivity contribution is 5.89. The van der Waals surface area contributed by atoms with Gasteiger partial charge < -0.3 is 15.2 Å². The van der Waals surface area contributed by atoms with Crippen molar-refractivity contribution >= 4 is 17.3 Å². The van der Waals surface area contributed by atoms with Crippen LogP contribution in [0, 0.1) is 0 Å². The zero-order valence-electron chi connectivity index (χ0n) is 10.3. The molecule has 0 atom stereocenters. The monoisotopic (exact) mass is 245 g/mol. The molecule has 0 saturated heterocycles. The molecule has 2 aromatic rings. The standard InChI is InChI=1S/C12H15N5O/c1-9(18)15-11-5-3-4-10(6-11)13-7-12-16-14-8-17(12)2/h3-6,8,13H,7H2,1-2H3,(H,15,18). The molecule has 2 rings (SSSR count). The number of hydrogen-bond acceptors (Lipinski definition) is 4. The number of amides is 1. The highest BCUT2D eigenvalue weighted by Gasteiger charge is 2.01. The van der Waals surface area contributed by atoms with Gasteiger partial charge in [0.1, 0.15) is 6.33 Å². The molecule has 0 aliphatic carbocycles. The van der Waals surface area contributed by atoms with Gasteiger partial charge in [0.2, 0.25) is 5.91 Å². The van der Waals surface area contributed by atoms with Gasteiger partial charge in [-0.05, 0) is 18.2 Å². The molecule has 0 spiro atoms. The molecule has 0 unspecified atom stereocenters. The highest BCUT2D eigenvalue weighted by atomic mass is 16.1. The molecule has 1 aromatic carbocycles. The maximum Gasteiger partial charge on any atom is 0.221 e. The van der Waals surface area contributed by atoms with Crippen LogP contribution in [0.1, 0.15) is 12.7 Å². The van der Waals surface area contributed by atoms with Crippen LogP contribution in [0.5, 0.6) is 0 Å². The van der Waals surface area contributed by atoms with Gasteiger partial charge in [-0.15, -0.1) is 10.2 Å². The van der Waals surface area contributed by atoms with Gasteiger partial charge in [-0.25, -0.2) is 0 Å². The molecule has 0 fully saturated rings. The second-order valence-electron chi connectivity index (χ2n) is 3.97. The van der Waals surface area contributed by atoms with Crippen LogP contribution >= 0.6 is 0 Å². The van der Waals surface area contributed by atoms with Crippen molar-refractivity contribution in [2.45, 2.75) is 13.5 Å². The summed E-state index contributed by atoms with van der Waals surface area (Å²) in [5.74, 6) is 0.764. The van der Waals surface area contributed by atoms with Gasteiger partial charge >= 0.3 is 0 Å². The molecule has 6 heteroatoms. The predicted octanol–water partition coefficient (Wildman–Crippen LogP) is 1.39. The van der Waals surface area contributed by atoms with Crippen molar-refractivity contribution in [1.29, 1.82) is 0 Å². The topological polar surface area (TPSA) is 71.8 Å². The van der Waals surface area contributed by atoms with Crippen molar-refractivity contribution in [3.8, 4) is 0 Å². The first-order valence-electron chi connectivity index (χ1n) is 5.59. The first kappa shape index (κ1) is 12.1. The molecule has 0 aliphatic heterocycles. The zero-order chi connectivity index (χ0) is 13.0. The maximum absolute atomic E-state index is 11.0. The molecule has 1 aromatic heterocycles. The smallest absolute Gasteiger partial charge is 0.221 e. The van der Waals surface area contributed by atoms with E-state index in [1.807, 2.05) is 35.9 Å². The van der Waals surface area contributed by atoms with E-state index >= 15 is 0 Å². The Bertz CT molecular complexity index is 549. The van der Waals surface area contributed by atoms with Crippen molar-refractivity contribution < 1.29 is 4.79 Å². The number of carbonyl (C=O) groups is 1. The lowest BCUT2D eigenvalue weighted by atomic mass is 10.2. The molecule has 1 heterocycles. The molecule has 0 bridgehead atoms. The summed E-state index contributed by atoms with van der Waals surface area (Å²) >= 11 is 0. The van der Waals surface area contributed by atoms with E-state index < -0.39 is 0 Å². The number of nitrogens with one attached hydrogen (secondary N) is 2. The number of carbonyl (C=O) groups excluding carboxylic acids is 1. The molecule has 0 radical (unpaired) electrons. The molecular weight excluding hydrogens is 230 g/mol. The molecule has 0 aliphatic rings. The van der Waals surface area contributed by atoms with E-state index in [9.17, 15) is 4.79 Å². The van der Waals surface area contributed by atoms with E-state index in [4.69, 9.17) is 0 Å². The zero-order valence-corrected chi connectivity index (χ0v) is 10.3. The molecule has 18 heavy (non-hydrogen) atoms. The van der Waals surface area contributed by atoms with Gasteiger partial charge in [-0.1, -0.05) is 6.07 Å². The first-order chi connectivity index (χ1) is 8.65. The fourth-order valence-corrected chi connectivity index (χ4v) is 1.56. The number of aromatic nitrogens is 3. The van der Waals surface area contributed by atoms with Crippen LogP contribution < -0.4 is 10.6 Å². The second kappa shape index (κ2) is 5.31. The Morgan fingerprint density at radius 1 is 1.39 bits per heavy atom. The highest BCUT2D eigenvalue weighted by Crippen LogP contribution is 2.15. The van der Waals surface area contributed by atoms with Gasteiger partial charge in [-0.2, -0.15) is 0 Å². The summed E-state index contributed by atoms with van der Waals surface area (Å²) in [7, 11) is 1.89. The van der Waals surface area contributed by atoms with Crippen LogP contribution in [-0.4, -0.2) is 20.7 Å². The number of anilines is 2. The predicted molar refractivity (Wildman–Crippen MR) is 69.1 cm³/mol. The summed E-state index contributed by atoms with van der Waals surface area (Å²) in [6.07, 6.45) is 1.66. The average molecular weight is 245 g/mol. The van der Waals surface area contributed by atoms with E-state index in [2.05, 4.69) is 20.8 Å². The van der Waals surface area contributed by atoms with Crippen molar-refractivity contribution in [2.75, 3.05) is 10.6 Å².